The van der Waals surface area contributed by atoms with Gasteiger partial charge in [-0.25, -0.2) is 4.99 Å². The largest absolute Gasteiger partial charge is 0.494 e. The molecule has 0 bridgehead atoms. The highest BCUT2D eigenvalue weighted by Crippen LogP contribution is 2.33. The number of nitrogens with one attached hydrogen (secondary N) is 3. The molecule has 3 rings (SSSR count). The standard InChI is InChI=1S/C24H28N4O/c1-6-17-8-7-14(2)19(12-17)18-9-10-21-20(13-18)23(24(29)28-21)16(4)27-22(25)11-15(3)26-5/h7-13,25-26,28-29H,6H2,1-5H3/b15-11-,25-22?,27-16?. The molecule has 1 aromatic heterocycles. The van der Waals surface area contributed by atoms with Crippen molar-refractivity contribution in [1.82, 2.24) is 10.3 Å². The molecule has 5 heteroatoms. The highest BCUT2D eigenvalue weighted by atomic mass is 16.3. The summed E-state index contributed by atoms with van der Waals surface area (Å²) in [5.74, 6) is 0.199. The predicted molar refractivity (Wildman–Crippen MR) is 122 cm³/mol. The van der Waals surface area contributed by atoms with Crippen molar-refractivity contribution in [1.29, 1.82) is 5.41 Å². The number of aromatic amines is 1. The van der Waals surface area contributed by atoms with Crippen molar-refractivity contribution < 1.29 is 5.11 Å². The zero-order valence-corrected chi connectivity index (χ0v) is 17.6. The third-order valence-electron chi connectivity index (χ3n) is 5.20. The lowest BCUT2D eigenvalue weighted by molar-refractivity contribution is 0.457. The minimum atomic E-state index is 0.0690. The normalized spacial score (nSPS) is 12.4. The van der Waals surface area contributed by atoms with Gasteiger partial charge < -0.3 is 15.4 Å². The van der Waals surface area contributed by atoms with E-state index in [2.05, 4.69) is 59.5 Å². The van der Waals surface area contributed by atoms with E-state index in [9.17, 15) is 5.11 Å². The van der Waals surface area contributed by atoms with Crippen LogP contribution in [-0.2, 0) is 6.42 Å². The number of aromatic hydroxyl groups is 1. The summed E-state index contributed by atoms with van der Waals surface area (Å²) >= 11 is 0. The molecule has 0 saturated heterocycles. The van der Waals surface area contributed by atoms with Gasteiger partial charge in [0.25, 0.3) is 0 Å². The summed E-state index contributed by atoms with van der Waals surface area (Å²) in [6.45, 7) is 7.95. The number of allylic oxidation sites excluding steroid dienone is 1. The lowest BCUT2D eigenvalue weighted by atomic mass is 9.95. The Balaban J connectivity index is 2.12. The van der Waals surface area contributed by atoms with Crippen molar-refractivity contribution in [3.05, 3.63) is 64.9 Å². The van der Waals surface area contributed by atoms with Crippen molar-refractivity contribution >= 4 is 22.5 Å². The Morgan fingerprint density at radius 1 is 1.21 bits per heavy atom. The number of fused-ring (bicyclic) bond motifs is 1. The summed E-state index contributed by atoms with van der Waals surface area (Å²) in [5, 5.41) is 22.5. The Bertz CT molecular complexity index is 1140. The zero-order valence-electron chi connectivity index (χ0n) is 17.6. The second-order valence-electron chi connectivity index (χ2n) is 7.27. The highest BCUT2D eigenvalue weighted by Gasteiger charge is 2.15. The first kappa shape index (κ1) is 20.4. The van der Waals surface area contributed by atoms with Gasteiger partial charge in [0.15, 0.2) is 5.88 Å². The first-order valence-corrected chi connectivity index (χ1v) is 9.78. The summed E-state index contributed by atoms with van der Waals surface area (Å²) in [7, 11) is 1.80. The van der Waals surface area contributed by atoms with Crippen LogP contribution in [0, 0.1) is 12.3 Å². The monoisotopic (exact) mass is 388 g/mol. The van der Waals surface area contributed by atoms with Gasteiger partial charge in [-0.3, -0.25) is 5.41 Å². The van der Waals surface area contributed by atoms with Gasteiger partial charge in [0.1, 0.15) is 5.84 Å². The number of aliphatic imine (C=N–C) groups is 1. The average molecular weight is 389 g/mol. The number of aryl methyl sites for hydroxylation is 2. The van der Waals surface area contributed by atoms with Crippen LogP contribution in [0.5, 0.6) is 5.88 Å². The van der Waals surface area contributed by atoms with Crippen LogP contribution in [0.3, 0.4) is 0 Å². The minimum Gasteiger partial charge on any atom is -0.494 e. The van der Waals surface area contributed by atoms with Gasteiger partial charge in [-0.2, -0.15) is 0 Å². The maximum absolute atomic E-state index is 10.5. The molecular weight excluding hydrogens is 360 g/mol. The van der Waals surface area contributed by atoms with Crippen LogP contribution in [0.15, 0.2) is 53.2 Å². The van der Waals surface area contributed by atoms with Gasteiger partial charge in [0.2, 0.25) is 0 Å². The van der Waals surface area contributed by atoms with Crippen molar-refractivity contribution in [2.45, 2.75) is 34.1 Å². The number of rotatable bonds is 5. The number of nitrogens with zero attached hydrogens (tertiary/aromatic N) is 1. The fourth-order valence-electron chi connectivity index (χ4n) is 3.46. The number of hydrogen-bond donors (Lipinski definition) is 4. The third-order valence-corrected chi connectivity index (χ3v) is 5.20. The molecule has 0 atom stereocenters. The van der Waals surface area contributed by atoms with Crippen LogP contribution in [0.4, 0.5) is 0 Å². The van der Waals surface area contributed by atoms with E-state index in [0.717, 1.165) is 28.6 Å². The Hall–Kier alpha value is -3.34. The summed E-state index contributed by atoms with van der Waals surface area (Å²) in [4.78, 5) is 7.39. The molecule has 0 aliphatic heterocycles. The number of amidine groups is 1. The number of aromatic nitrogens is 1. The van der Waals surface area contributed by atoms with Crippen LogP contribution in [0.1, 0.15) is 37.5 Å². The molecule has 4 N–H and O–H groups in total. The first-order valence-electron chi connectivity index (χ1n) is 9.78. The van der Waals surface area contributed by atoms with Crippen molar-refractivity contribution in [3.63, 3.8) is 0 Å². The molecule has 0 fully saturated rings. The Kier molecular flexibility index (Phi) is 5.87. The Morgan fingerprint density at radius 2 is 1.97 bits per heavy atom. The zero-order chi connectivity index (χ0) is 21.1. The topological polar surface area (TPSA) is 84.3 Å². The highest BCUT2D eigenvalue weighted by molar-refractivity contribution is 6.16. The van der Waals surface area contributed by atoms with Crippen LogP contribution in [-0.4, -0.2) is 28.7 Å². The van der Waals surface area contributed by atoms with Gasteiger partial charge in [-0.15, -0.1) is 0 Å². The maximum atomic E-state index is 10.5. The smallest absolute Gasteiger partial charge is 0.198 e. The molecule has 1 heterocycles. The summed E-state index contributed by atoms with van der Waals surface area (Å²) < 4.78 is 0. The molecule has 5 nitrogen and oxygen atoms in total. The van der Waals surface area contributed by atoms with Crippen molar-refractivity contribution in [2.75, 3.05) is 7.05 Å². The van der Waals surface area contributed by atoms with Crippen LogP contribution >= 0.6 is 0 Å². The van der Waals surface area contributed by atoms with E-state index in [1.54, 1.807) is 13.1 Å². The predicted octanol–water partition coefficient (Wildman–Crippen LogP) is 5.32. The van der Waals surface area contributed by atoms with Gasteiger partial charge in [-0.1, -0.05) is 31.2 Å². The molecule has 29 heavy (non-hydrogen) atoms. The molecule has 0 aliphatic carbocycles. The van der Waals surface area contributed by atoms with Crippen LogP contribution in [0.25, 0.3) is 22.0 Å². The fourth-order valence-corrected chi connectivity index (χ4v) is 3.46. The SMILES string of the molecule is CCc1ccc(C)c(-c2ccc3[nH]c(O)c(C(C)=NC(=N)/C=C(/C)NC)c3c2)c1. The van der Waals surface area contributed by atoms with E-state index in [4.69, 9.17) is 5.41 Å². The summed E-state index contributed by atoms with van der Waals surface area (Å²) in [6.07, 6.45) is 2.64. The van der Waals surface area contributed by atoms with E-state index in [1.807, 2.05) is 19.9 Å². The van der Waals surface area contributed by atoms with Crippen molar-refractivity contribution in [3.8, 4) is 17.0 Å². The summed E-state index contributed by atoms with van der Waals surface area (Å²) in [5.41, 5.74) is 7.70. The molecule has 0 aliphatic rings. The van der Waals surface area contributed by atoms with Gasteiger partial charge in [0.05, 0.1) is 11.3 Å². The molecule has 2 aromatic carbocycles. The number of hydrogen-bond acceptors (Lipinski definition) is 3. The molecular formula is C24H28N4O. The molecule has 3 aromatic rings. The Morgan fingerprint density at radius 3 is 2.66 bits per heavy atom. The van der Waals surface area contributed by atoms with E-state index >= 15 is 0 Å². The molecule has 0 amide bonds. The first-order chi connectivity index (χ1) is 13.8. The maximum Gasteiger partial charge on any atom is 0.198 e. The van der Waals surface area contributed by atoms with E-state index in [-0.39, 0.29) is 11.7 Å². The minimum absolute atomic E-state index is 0.0690. The average Bonchev–Trinajstić information content (AvgIpc) is 3.03. The van der Waals surface area contributed by atoms with Gasteiger partial charge in [-0.05, 0) is 61.6 Å². The second-order valence-corrected chi connectivity index (χ2v) is 7.27. The van der Waals surface area contributed by atoms with E-state index in [1.165, 1.54) is 16.7 Å². The quantitative estimate of drug-likeness (QED) is 0.352. The van der Waals surface area contributed by atoms with Gasteiger partial charge >= 0.3 is 0 Å². The third kappa shape index (κ3) is 4.24. The summed E-state index contributed by atoms with van der Waals surface area (Å²) in [6, 6.07) is 12.7. The van der Waals surface area contributed by atoms with E-state index in [0.29, 0.717) is 11.3 Å². The lowest BCUT2D eigenvalue weighted by Gasteiger charge is -2.09. The molecule has 150 valence electrons. The van der Waals surface area contributed by atoms with Crippen LogP contribution < -0.4 is 5.32 Å². The molecule has 0 unspecified atom stereocenters. The number of H-pyrrole nitrogens is 1. The molecule has 0 spiro atoms. The lowest BCUT2D eigenvalue weighted by Crippen LogP contribution is -2.05. The Labute approximate surface area is 171 Å². The second kappa shape index (κ2) is 8.35. The molecule has 0 saturated carbocycles. The number of benzene rings is 2. The fraction of sp³-hybridized carbons (Fsp3) is 0.250. The molecule has 0 radical (unpaired) electrons. The van der Waals surface area contributed by atoms with E-state index < -0.39 is 0 Å². The van der Waals surface area contributed by atoms with Crippen LogP contribution in [0.2, 0.25) is 0 Å². The van der Waals surface area contributed by atoms with Gasteiger partial charge in [0, 0.05) is 29.7 Å². The van der Waals surface area contributed by atoms with Crippen molar-refractivity contribution in [2.24, 2.45) is 4.99 Å².